The molecule has 166 valence electrons. The van der Waals surface area contributed by atoms with Crippen molar-refractivity contribution in [1.82, 2.24) is 4.90 Å². The number of ether oxygens (including phenoxy) is 1. The Morgan fingerprint density at radius 3 is 2.10 bits per heavy atom. The number of piperidine rings is 1. The third-order valence-electron chi connectivity index (χ3n) is 6.35. The van der Waals surface area contributed by atoms with E-state index in [-0.39, 0.29) is 6.03 Å². The number of anilines is 3. The molecule has 0 atom stereocenters. The summed E-state index contributed by atoms with van der Waals surface area (Å²) in [6.45, 7) is 8.53. The van der Waals surface area contributed by atoms with Crippen LogP contribution in [0.15, 0.2) is 48.5 Å². The van der Waals surface area contributed by atoms with E-state index in [1.54, 1.807) is 4.90 Å². The zero-order valence-electron chi connectivity index (χ0n) is 18.7. The predicted octanol–water partition coefficient (Wildman–Crippen LogP) is 4.42. The molecule has 2 amide bonds. The molecule has 0 spiro atoms. The molecule has 4 rings (SSSR count). The van der Waals surface area contributed by atoms with Gasteiger partial charge in [-0.3, -0.25) is 0 Å². The standard InChI is InChI=1S/C25H34N4O2/c1-20-11-13-28(14-12-20)24-9-5-22(6-10-24)26-25(30)27(2)19-21-3-7-23(8-4-21)29-15-17-31-18-16-29/h3-10,20H,11-19H2,1-2H3,(H,26,30). The molecule has 0 unspecified atom stereocenters. The van der Waals surface area contributed by atoms with E-state index in [1.165, 1.54) is 24.2 Å². The number of carbonyl (C=O) groups excluding carboxylic acids is 1. The maximum atomic E-state index is 12.6. The zero-order valence-corrected chi connectivity index (χ0v) is 18.7. The Morgan fingerprint density at radius 1 is 0.935 bits per heavy atom. The molecule has 6 heteroatoms. The molecule has 2 aliphatic heterocycles. The summed E-state index contributed by atoms with van der Waals surface area (Å²) in [6, 6.07) is 16.6. The summed E-state index contributed by atoms with van der Waals surface area (Å²) in [4.78, 5) is 19.1. The van der Waals surface area contributed by atoms with E-state index >= 15 is 0 Å². The van der Waals surface area contributed by atoms with Gasteiger partial charge in [0.25, 0.3) is 0 Å². The first-order valence-corrected chi connectivity index (χ1v) is 11.4. The van der Waals surface area contributed by atoms with Crippen LogP contribution in [-0.4, -0.2) is 57.4 Å². The maximum Gasteiger partial charge on any atom is 0.321 e. The summed E-state index contributed by atoms with van der Waals surface area (Å²) in [5.74, 6) is 0.820. The van der Waals surface area contributed by atoms with Gasteiger partial charge in [-0.25, -0.2) is 4.79 Å². The summed E-state index contributed by atoms with van der Waals surface area (Å²) in [6.07, 6.45) is 2.49. The Labute approximate surface area is 185 Å². The third kappa shape index (κ3) is 5.70. The Balaban J connectivity index is 1.28. The van der Waals surface area contributed by atoms with Gasteiger partial charge in [-0.05, 0) is 60.7 Å². The molecule has 2 fully saturated rings. The van der Waals surface area contributed by atoms with Crippen LogP contribution < -0.4 is 15.1 Å². The Kier molecular flexibility index (Phi) is 6.97. The molecule has 6 nitrogen and oxygen atoms in total. The average molecular weight is 423 g/mol. The lowest BCUT2D eigenvalue weighted by Crippen LogP contribution is -2.36. The lowest BCUT2D eigenvalue weighted by Gasteiger charge is -2.32. The van der Waals surface area contributed by atoms with Crippen LogP contribution in [0.3, 0.4) is 0 Å². The van der Waals surface area contributed by atoms with E-state index in [0.29, 0.717) is 6.54 Å². The van der Waals surface area contributed by atoms with E-state index in [1.807, 2.05) is 19.2 Å². The molecule has 0 aliphatic carbocycles. The van der Waals surface area contributed by atoms with Gasteiger partial charge in [0.05, 0.1) is 13.2 Å². The molecule has 0 bridgehead atoms. The maximum absolute atomic E-state index is 12.6. The van der Waals surface area contributed by atoms with E-state index in [2.05, 4.69) is 58.4 Å². The van der Waals surface area contributed by atoms with Crippen LogP contribution in [0.1, 0.15) is 25.3 Å². The van der Waals surface area contributed by atoms with Crippen LogP contribution >= 0.6 is 0 Å². The van der Waals surface area contributed by atoms with Gasteiger partial charge in [-0.15, -0.1) is 0 Å². The second kappa shape index (κ2) is 10.1. The molecular formula is C25H34N4O2. The fourth-order valence-corrected chi connectivity index (χ4v) is 4.22. The minimum Gasteiger partial charge on any atom is -0.378 e. The SMILES string of the molecule is CC1CCN(c2ccc(NC(=O)N(C)Cc3ccc(N4CCOCC4)cc3)cc2)CC1. The van der Waals surface area contributed by atoms with E-state index in [0.717, 1.165) is 56.6 Å². The van der Waals surface area contributed by atoms with Gasteiger partial charge in [-0.1, -0.05) is 19.1 Å². The number of rotatable bonds is 5. The molecule has 0 radical (unpaired) electrons. The second-order valence-electron chi connectivity index (χ2n) is 8.77. The van der Waals surface area contributed by atoms with Gasteiger partial charge in [0.15, 0.2) is 0 Å². The largest absolute Gasteiger partial charge is 0.378 e. The molecule has 31 heavy (non-hydrogen) atoms. The fourth-order valence-electron chi connectivity index (χ4n) is 4.22. The number of nitrogens with zero attached hydrogens (tertiary/aromatic N) is 3. The molecular weight excluding hydrogens is 388 g/mol. The molecule has 1 N–H and O–H groups in total. The van der Waals surface area contributed by atoms with Crippen LogP contribution in [0.5, 0.6) is 0 Å². The van der Waals surface area contributed by atoms with Crippen molar-refractivity contribution in [2.24, 2.45) is 5.92 Å². The van der Waals surface area contributed by atoms with Crippen LogP contribution in [0, 0.1) is 5.92 Å². The molecule has 2 saturated heterocycles. The normalized spacial score (nSPS) is 17.5. The topological polar surface area (TPSA) is 48.1 Å². The summed E-state index contributed by atoms with van der Waals surface area (Å²) >= 11 is 0. The van der Waals surface area contributed by atoms with E-state index in [9.17, 15) is 4.79 Å². The molecule has 2 heterocycles. The van der Waals surface area contributed by atoms with Gasteiger partial charge in [0.2, 0.25) is 0 Å². The van der Waals surface area contributed by atoms with Crippen LogP contribution in [-0.2, 0) is 11.3 Å². The van der Waals surface area contributed by atoms with Crippen molar-refractivity contribution in [3.63, 3.8) is 0 Å². The summed E-state index contributed by atoms with van der Waals surface area (Å²) < 4.78 is 5.42. The quantitative estimate of drug-likeness (QED) is 0.775. The highest BCUT2D eigenvalue weighted by Gasteiger charge is 2.16. The smallest absolute Gasteiger partial charge is 0.321 e. The van der Waals surface area contributed by atoms with Gasteiger partial charge in [-0.2, -0.15) is 0 Å². The van der Waals surface area contributed by atoms with Crippen molar-refractivity contribution in [3.05, 3.63) is 54.1 Å². The van der Waals surface area contributed by atoms with Crippen molar-refractivity contribution in [1.29, 1.82) is 0 Å². The van der Waals surface area contributed by atoms with E-state index < -0.39 is 0 Å². The van der Waals surface area contributed by atoms with E-state index in [4.69, 9.17) is 4.74 Å². The Hall–Kier alpha value is -2.73. The first-order chi connectivity index (χ1) is 15.1. The molecule has 0 aromatic heterocycles. The van der Waals surface area contributed by atoms with Crippen molar-refractivity contribution in [3.8, 4) is 0 Å². The van der Waals surface area contributed by atoms with Crippen molar-refractivity contribution >= 4 is 23.1 Å². The highest BCUT2D eigenvalue weighted by Crippen LogP contribution is 2.24. The van der Waals surface area contributed by atoms with Gasteiger partial charge in [0, 0.05) is 56.8 Å². The lowest BCUT2D eigenvalue weighted by molar-refractivity contribution is 0.122. The van der Waals surface area contributed by atoms with Crippen LogP contribution in [0.2, 0.25) is 0 Å². The van der Waals surface area contributed by atoms with Crippen molar-refractivity contribution < 1.29 is 9.53 Å². The zero-order chi connectivity index (χ0) is 21.6. The number of hydrogen-bond acceptors (Lipinski definition) is 4. The Bertz CT molecular complexity index is 839. The molecule has 0 saturated carbocycles. The summed E-state index contributed by atoms with van der Waals surface area (Å²) in [5, 5.41) is 3.01. The number of carbonyl (C=O) groups is 1. The highest BCUT2D eigenvalue weighted by molar-refractivity contribution is 5.89. The lowest BCUT2D eigenvalue weighted by atomic mass is 9.99. The second-order valence-corrected chi connectivity index (χ2v) is 8.77. The minimum absolute atomic E-state index is 0.100. The number of nitrogens with one attached hydrogen (secondary N) is 1. The van der Waals surface area contributed by atoms with Crippen LogP contribution in [0.4, 0.5) is 21.9 Å². The highest BCUT2D eigenvalue weighted by atomic mass is 16.5. The number of benzene rings is 2. The summed E-state index contributed by atoms with van der Waals surface area (Å²) in [7, 11) is 1.83. The fraction of sp³-hybridized carbons (Fsp3) is 0.480. The number of amides is 2. The number of hydrogen-bond donors (Lipinski definition) is 1. The number of urea groups is 1. The van der Waals surface area contributed by atoms with Gasteiger partial charge in [0.1, 0.15) is 0 Å². The molecule has 2 aromatic rings. The first-order valence-electron chi connectivity index (χ1n) is 11.4. The molecule has 2 aromatic carbocycles. The Morgan fingerprint density at radius 2 is 1.48 bits per heavy atom. The summed E-state index contributed by atoms with van der Waals surface area (Å²) in [5.41, 5.74) is 4.39. The van der Waals surface area contributed by atoms with Crippen molar-refractivity contribution in [2.45, 2.75) is 26.3 Å². The van der Waals surface area contributed by atoms with Gasteiger partial charge >= 0.3 is 6.03 Å². The monoisotopic (exact) mass is 422 g/mol. The van der Waals surface area contributed by atoms with Crippen molar-refractivity contribution in [2.75, 3.05) is 61.6 Å². The average Bonchev–Trinajstić information content (AvgIpc) is 2.81. The molecule has 2 aliphatic rings. The van der Waals surface area contributed by atoms with Crippen LogP contribution in [0.25, 0.3) is 0 Å². The third-order valence-corrected chi connectivity index (χ3v) is 6.35. The van der Waals surface area contributed by atoms with Gasteiger partial charge < -0.3 is 24.8 Å². The number of morpholine rings is 1. The minimum atomic E-state index is -0.100. The first kappa shape index (κ1) is 21.5. The predicted molar refractivity (Wildman–Crippen MR) is 127 cm³/mol.